The summed E-state index contributed by atoms with van der Waals surface area (Å²) < 4.78 is 1.71. The Morgan fingerprint density at radius 3 is 2.85 bits per heavy atom. The fourth-order valence-electron chi connectivity index (χ4n) is 2.64. The highest BCUT2D eigenvalue weighted by atomic mass is 16.3. The average Bonchev–Trinajstić information content (AvgIpc) is 2.67. The quantitative estimate of drug-likeness (QED) is 0.770. The molecule has 1 saturated carbocycles. The van der Waals surface area contributed by atoms with Crippen LogP contribution in [-0.2, 0) is 7.05 Å². The first kappa shape index (κ1) is 14.8. The summed E-state index contributed by atoms with van der Waals surface area (Å²) in [6.07, 6.45) is 4.57. The van der Waals surface area contributed by atoms with E-state index in [1.54, 1.807) is 4.68 Å². The van der Waals surface area contributed by atoms with Gasteiger partial charge in [-0.25, -0.2) is 4.79 Å². The highest BCUT2D eigenvalue weighted by Gasteiger charge is 2.29. The molecule has 1 heterocycles. The summed E-state index contributed by atoms with van der Waals surface area (Å²) in [6, 6.07) is 0.0538. The molecule has 0 aliphatic heterocycles. The summed E-state index contributed by atoms with van der Waals surface area (Å²) in [5, 5.41) is 19.0. The highest BCUT2D eigenvalue weighted by Crippen LogP contribution is 2.30. The van der Waals surface area contributed by atoms with Crippen molar-refractivity contribution in [2.45, 2.75) is 45.1 Å². The second-order valence-electron chi connectivity index (χ2n) is 5.90. The molecule has 0 aromatic carbocycles. The summed E-state index contributed by atoms with van der Waals surface area (Å²) in [6.45, 7) is 4.34. The van der Waals surface area contributed by atoms with Crippen LogP contribution in [0.5, 0.6) is 0 Å². The topological polar surface area (TPSA) is 79.2 Å². The Morgan fingerprint density at radius 2 is 2.25 bits per heavy atom. The Kier molecular flexibility index (Phi) is 4.65. The van der Waals surface area contributed by atoms with Gasteiger partial charge in [-0.1, -0.05) is 13.8 Å². The minimum absolute atomic E-state index is 0.174. The summed E-state index contributed by atoms with van der Waals surface area (Å²) >= 11 is 0. The molecule has 2 amide bonds. The van der Waals surface area contributed by atoms with Gasteiger partial charge in [0.25, 0.3) is 0 Å². The molecule has 6 nitrogen and oxygen atoms in total. The lowest BCUT2D eigenvalue weighted by molar-refractivity contribution is 0.169. The predicted molar refractivity (Wildman–Crippen MR) is 77.7 cm³/mol. The molecule has 0 spiro atoms. The number of nitrogens with one attached hydrogen (secondary N) is 2. The van der Waals surface area contributed by atoms with Crippen molar-refractivity contribution >= 4 is 11.7 Å². The van der Waals surface area contributed by atoms with Crippen LogP contribution in [0.3, 0.4) is 0 Å². The van der Waals surface area contributed by atoms with Gasteiger partial charge in [0.05, 0.1) is 11.4 Å². The molecular formula is C14H24N4O2. The number of rotatable bonds is 5. The largest absolute Gasteiger partial charge is 0.396 e. The van der Waals surface area contributed by atoms with E-state index in [9.17, 15) is 4.79 Å². The van der Waals surface area contributed by atoms with Crippen LogP contribution < -0.4 is 10.6 Å². The lowest BCUT2D eigenvalue weighted by Crippen LogP contribution is -2.46. The number of urea groups is 1. The maximum atomic E-state index is 12.0. The Balaban J connectivity index is 1.83. The first-order valence-corrected chi connectivity index (χ1v) is 7.21. The van der Waals surface area contributed by atoms with Crippen molar-refractivity contribution < 1.29 is 9.90 Å². The van der Waals surface area contributed by atoms with E-state index in [0.29, 0.717) is 5.92 Å². The Morgan fingerprint density at radius 1 is 1.55 bits per heavy atom. The van der Waals surface area contributed by atoms with Crippen molar-refractivity contribution in [3.05, 3.63) is 11.9 Å². The van der Waals surface area contributed by atoms with Crippen LogP contribution in [0, 0.1) is 5.92 Å². The third kappa shape index (κ3) is 3.50. The monoisotopic (exact) mass is 280 g/mol. The minimum Gasteiger partial charge on any atom is -0.396 e. The van der Waals surface area contributed by atoms with Gasteiger partial charge in [0.15, 0.2) is 0 Å². The average molecular weight is 280 g/mol. The number of aryl methyl sites for hydroxylation is 1. The Hall–Kier alpha value is -1.56. The zero-order chi connectivity index (χ0) is 14.7. The number of aliphatic hydroxyl groups is 1. The number of aromatic nitrogens is 2. The van der Waals surface area contributed by atoms with Gasteiger partial charge >= 0.3 is 6.03 Å². The van der Waals surface area contributed by atoms with Crippen molar-refractivity contribution in [2.75, 3.05) is 11.9 Å². The van der Waals surface area contributed by atoms with E-state index < -0.39 is 0 Å². The number of nitrogens with zero attached hydrogens (tertiary/aromatic N) is 2. The molecule has 1 fully saturated rings. The number of carbonyl (C=O) groups is 1. The minimum atomic E-state index is -0.174. The van der Waals surface area contributed by atoms with Crippen molar-refractivity contribution in [3.8, 4) is 0 Å². The molecule has 0 bridgehead atoms. The smallest absolute Gasteiger partial charge is 0.319 e. The second-order valence-corrected chi connectivity index (χ2v) is 5.90. The van der Waals surface area contributed by atoms with Crippen LogP contribution in [0.2, 0.25) is 0 Å². The van der Waals surface area contributed by atoms with Crippen molar-refractivity contribution in [2.24, 2.45) is 13.0 Å². The number of anilines is 1. The van der Waals surface area contributed by atoms with E-state index in [-0.39, 0.29) is 24.6 Å². The van der Waals surface area contributed by atoms with Gasteiger partial charge in [-0.05, 0) is 31.1 Å². The van der Waals surface area contributed by atoms with E-state index in [4.69, 9.17) is 5.11 Å². The first-order chi connectivity index (χ1) is 9.49. The molecule has 2 rings (SSSR count). The third-order valence-corrected chi connectivity index (χ3v) is 3.76. The first-order valence-electron chi connectivity index (χ1n) is 7.21. The zero-order valence-electron chi connectivity index (χ0n) is 12.4. The molecule has 1 aromatic heterocycles. The summed E-state index contributed by atoms with van der Waals surface area (Å²) in [4.78, 5) is 12.0. The Bertz CT molecular complexity index is 464. The van der Waals surface area contributed by atoms with E-state index in [0.717, 1.165) is 30.6 Å². The molecule has 3 N–H and O–H groups in total. The molecule has 6 heteroatoms. The molecular weight excluding hydrogens is 256 g/mol. The summed E-state index contributed by atoms with van der Waals surface area (Å²) in [7, 11) is 1.85. The Labute approximate surface area is 119 Å². The van der Waals surface area contributed by atoms with E-state index >= 15 is 0 Å². The van der Waals surface area contributed by atoms with Crippen LogP contribution >= 0.6 is 0 Å². The molecule has 0 saturated heterocycles. The maximum Gasteiger partial charge on any atom is 0.319 e. The SMILES string of the molecule is CC(C)c1nn(C)cc1NC(=O)NC1CC(CCO)C1. The van der Waals surface area contributed by atoms with E-state index in [1.807, 2.05) is 13.2 Å². The predicted octanol–water partition coefficient (Wildman–Crippen LogP) is 1.83. The zero-order valence-corrected chi connectivity index (χ0v) is 12.4. The second kappa shape index (κ2) is 6.26. The van der Waals surface area contributed by atoms with Crippen LogP contribution in [0.15, 0.2) is 6.20 Å². The summed E-state index contributed by atoms with van der Waals surface area (Å²) in [5.74, 6) is 0.819. The fourth-order valence-corrected chi connectivity index (χ4v) is 2.64. The van der Waals surface area contributed by atoms with Crippen LogP contribution in [0.25, 0.3) is 0 Å². The van der Waals surface area contributed by atoms with Crippen molar-refractivity contribution in [3.63, 3.8) is 0 Å². The van der Waals surface area contributed by atoms with Crippen LogP contribution in [-0.4, -0.2) is 33.6 Å². The number of hydrogen-bond donors (Lipinski definition) is 3. The van der Waals surface area contributed by atoms with Gasteiger partial charge in [0.2, 0.25) is 0 Å². The van der Waals surface area contributed by atoms with Gasteiger partial charge in [0, 0.05) is 25.9 Å². The lowest BCUT2D eigenvalue weighted by atomic mass is 9.78. The van der Waals surface area contributed by atoms with Crippen LogP contribution in [0.1, 0.15) is 44.7 Å². The number of hydrogen-bond acceptors (Lipinski definition) is 3. The molecule has 0 unspecified atom stereocenters. The third-order valence-electron chi connectivity index (χ3n) is 3.76. The molecule has 0 radical (unpaired) electrons. The fraction of sp³-hybridized carbons (Fsp3) is 0.714. The van der Waals surface area contributed by atoms with Crippen molar-refractivity contribution in [1.82, 2.24) is 15.1 Å². The molecule has 112 valence electrons. The van der Waals surface area contributed by atoms with Gasteiger partial charge in [-0.15, -0.1) is 0 Å². The van der Waals surface area contributed by atoms with E-state index in [1.165, 1.54) is 0 Å². The molecule has 0 atom stereocenters. The standard InChI is InChI=1S/C14H24N4O2/c1-9(2)13-12(8-18(3)17-13)16-14(20)15-11-6-10(7-11)4-5-19/h8-11,19H,4-7H2,1-3H3,(H2,15,16,20). The number of aliphatic hydroxyl groups excluding tert-OH is 1. The lowest BCUT2D eigenvalue weighted by Gasteiger charge is -2.35. The normalized spacial score (nSPS) is 21.6. The molecule has 20 heavy (non-hydrogen) atoms. The number of carbonyl (C=O) groups excluding carboxylic acids is 1. The molecule has 1 aliphatic carbocycles. The van der Waals surface area contributed by atoms with Crippen molar-refractivity contribution in [1.29, 1.82) is 0 Å². The van der Waals surface area contributed by atoms with Gasteiger partial charge < -0.3 is 15.7 Å². The molecule has 1 aliphatic rings. The maximum absolute atomic E-state index is 12.0. The number of amides is 2. The van der Waals surface area contributed by atoms with E-state index in [2.05, 4.69) is 29.6 Å². The van der Waals surface area contributed by atoms with Crippen LogP contribution in [0.4, 0.5) is 10.5 Å². The summed E-state index contributed by atoms with van der Waals surface area (Å²) in [5.41, 5.74) is 1.67. The van der Waals surface area contributed by atoms with Gasteiger partial charge in [-0.3, -0.25) is 4.68 Å². The highest BCUT2D eigenvalue weighted by molar-refractivity contribution is 5.90. The van der Waals surface area contributed by atoms with Gasteiger partial charge in [-0.2, -0.15) is 5.10 Å². The molecule has 1 aromatic rings. The van der Waals surface area contributed by atoms with Gasteiger partial charge in [0.1, 0.15) is 0 Å².